The number of fused-ring (bicyclic) bond motifs is 1. The Morgan fingerprint density at radius 2 is 1.60 bits per heavy atom. The minimum Gasteiger partial charge on any atom is -0.489 e. The Morgan fingerprint density at radius 3 is 2.29 bits per heavy atom. The van der Waals surface area contributed by atoms with Gasteiger partial charge in [0.25, 0.3) is 0 Å². The average molecular weight is 473 g/mol. The third-order valence-corrected chi connectivity index (χ3v) is 5.76. The van der Waals surface area contributed by atoms with E-state index in [9.17, 15) is 13.2 Å². The molecule has 0 N–H and O–H groups in total. The summed E-state index contributed by atoms with van der Waals surface area (Å²) in [5.41, 5.74) is 3.29. The minimum atomic E-state index is -4.55. The zero-order valence-electron chi connectivity index (χ0n) is 19.2. The molecule has 3 aromatic carbocycles. The van der Waals surface area contributed by atoms with Crippen LogP contribution in [0.4, 0.5) is 13.2 Å². The first-order valence-electron chi connectivity index (χ1n) is 11.1. The van der Waals surface area contributed by atoms with Crippen LogP contribution >= 0.6 is 0 Å². The molecule has 0 saturated heterocycles. The quantitative estimate of drug-likeness (QED) is 0.269. The van der Waals surface area contributed by atoms with E-state index in [-0.39, 0.29) is 22.4 Å². The smallest absolute Gasteiger partial charge is 0.417 e. The fourth-order valence-electron chi connectivity index (χ4n) is 4.10. The van der Waals surface area contributed by atoms with Crippen LogP contribution in [0.1, 0.15) is 22.4 Å². The highest BCUT2D eigenvalue weighted by Crippen LogP contribution is 2.38. The summed E-state index contributed by atoms with van der Waals surface area (Å²) >= 11 is 0. The number of pyridine rings is 1. The van der Waals surface area contributed by atoms with E-state index < -0.39 is 11.7 Å². The van der Waals surface area contributed by atoms with E-state index in [2.05, 4.69) is 10.1 Å². The van der Waals surface area contributed by atoms with Crippen molar-refractivity contribution in [2.24, 2.45) is 0 Å². The van der Waals surface area contributed by atoms with Gasteiger partial charge >= 0.3 is 6.18 Å². The number of hydrogen-bond acceptors (Lipinski definition) is 3. The zero-order chi connectivity index (χ0) is 24.6. The highest BCUT2D eigenvalue weighted by Gasteiger charge is 2.35. The first kappa shape index (κ1) is 22.7. The van der Waals surface area contributed by atoms with Gasteiger partial charge in [-0.2, -0.15) is 18.3 Å². The van der Waals surface area contributed by atoms with Crippen LogP contribution < -0.4 is 4.74 Å². The molecule has 176 valence electrons. The number of halogens is 3. The van der Waals surface area contributed by atoms with E-state index in [0.717, 1.165) is 17.2 Å². The van der Waals surface area contributed by atoms with Gasteiger partial charge in [0.05, 0.1) is 28.0 Å². The second-order valence-corrected chi connectivity index (χ2v) is 8.39. The van der Waals surface area contributed by atoms with Crippen LogP contribution in [0.2, 0.25) is 0 Å². The molecule has 0 fully saturated rings. The summed E-state index contributed by atoms with van der Waals surface area (Å²) in [5, 5.41) is 4.38. The van der Waals surface area contributed by atoms with E-state index in [1.165, 1.54) is 4.68 Å². The molecule has 2 aromatic heterocycles. The standard InChI is InChI=1S/C28H22F3N3O/c1-18-7-6-8-20(15-18)17-35-23-13-11-21(12-14-23)25-16-24(28(29,30)31)26-19(2)33-34(27(26)32-25)22-9-4-3-5-10-22/h3-16H,17H2,1-2H3. The number of aromatic nitrogens is 3. The fraction of sp³-hybridized carbons (Fsp3) is 0.143. The van der Waals surface area contributed by atoms with E-state index in [4.69, 9.17) is 4.74 Å². The lowest BCUT2D eigenvalue weighted by molar-refractivity contribution is -0.136. The van der Waals surface area contributed by atoms with Gasteiger partial charge in [0.2, 0.25) is 0 Å². The third-order valence-electron chi connectivity index (χ3n) is 5.76. The van der Waals surface area contributed by atoms with Crippen molar-refractivity contribution in [2.75, 3.05) is 0 Å². The van der Waals surface area contributed by atoms with Crippen molar-refractivity contribution in [1.82, 2.24) is 14.8 Å². The molecule has 0 atom stereocenters. The van der Waals surface area contributed by atoms with Gasteiger partial charge in [0.1, 0.15) is 12.4 Å². The first-order chi connectivity index (χ1) is 16.8. The summed E-state index contributed by atoms with van der Waals surface area (Å²) in [4.78, 5) is 4.61. The summed E-state index contributed by atoms with van der Waals surface area (Å²) in [7, 11) is 0. The third kappa shape index (κ3) is 4.62. The van der Waals surface area contributed by atoms with Gasteiger partial charge in [0.15, 0.2) is 5.65 Å². The molecule has 0 aliphatic carbocycles. The molecule has 2 heterocycles. The van der Waals surface area contributed by atoms with E-state index in [0.29, 0.717) is 23.6 Å². The Bertz CT molecular complexity index is 1490. The predicted molar refractivity (Wildman–Crippen MR) is 130 cm³/mol. The van der Waals surface area contributed by atoms with Crippen LogP contribution in [0.5, 0.6) is 5.75 Å². The molecule has 7 heteroatoms. The predicted octanol–water partition coefficient (Wildman–Crippen LogP) is 7.30. The molecule has 0 aliphatic heterocycles. The largest absolute Gasteiger partial charge is 0.489 e. The number of aryl methyl sites for hydroxylation is 2. The van der Waals surface area contributed by atoms with E-state index >= 15 is 0 Å². The molecule has 0 aliphatic rings. The summed E-state index contributed by atoms with van der Waals surface area (Å²) in [6.45, 7) is 3.99. The second-order valence-electron chi connectivity index (χ2n) is 8.39. The van der Waals surface area contributed by atoms with Gasteiger partial charge in [-0.05, 0) is 61.9 Å². The summed E-state index contributed by atoms with van der Waals surface area (Å²) in [6.07, 6.45) is -4.55. The van der Waals surface area contributed by atoms with Crippen LogP contribution in [-0.4, -0.2) is 14.8 Å². The number of rotatable bonds is 5. The molecule has 35 heavy (non-hydrogen) atoms. The maximum Gasteiger partial charge on any atom is 0.417 e. The number of hydrogen-bond donors (Lipinski definition) is 0. The number of alkyl halides is 3. The van der Waals surface area contributed by atoms with Crippen molar-refractivity contribution in [1.29, 1.82) is 0 Å². The van der Waals surface area contributed by atoms with Gasteiger partial charge in [-0.1, -0.05) is 48.0 Å². The SMILES string of the molecule is Cc1cccc(COc2ccc(-c3cc(C(F)(F)F)c4c(C)nn(-c5ccccc5)c4n3)cc2)c1. The monoisotopic (exact) mass is 473 g/mol. The number of para-hydroxylation sites is 1. The normalized spacial score (nSPS) is 11.7. The Labute approximate surface area is 200 Å². The molecule has 0 saturated carbocycles. The summed E-state index contributed by atoms with van der Waals surface area (Å²) in [6, 6.07) is 25.0. The molecule has 0 bridgehead atoms. The van der Waals surface area contributed by atoms with Crippen LogP contribution in [0, 0.1) is 13.8 Å². The van der Waals surface area contributed by atoms with Crippen LogP contribution in [-0.2, 0) is 12.8 Å². The molecule has 0 spiro atoms. The summed E-state index contributed by atoms with van der Waals surface area (Å²) < 4.78 is 49.5. The van der Waals surface area contributed by atoms with Gasteiger partial charge in [-0.25, -0.2) is 9.67 Å². The Hall–Kier alpha value is -4.13. The lowest BCUT2D eigenvalue weighted by Crippen LogP contribution is -2.08. The van der Waals surface area contributed by atoms with Crippen LogP contribution in [0.15, 0.2) is 84.9 Å². The van der Waals surface area contributed by atoms with Crippen LogP contribution in [0.3, 0.4) is 0 Å². The highest BCUT2D eigenvalue weighted by atomic mass is 19.4. The lowest BCUT2D eigenvalue weighted by atomic mass is 10.0. The number of benzene rings is 3. The van der Waals surface area contributed by atoms with Gasteiger partial charge in [-0.3, -0.25) is 0 Å². The number of ether oxygens (including phenoxy) is 1. The fourth-order valence-corrected chi connectivity index (χ4v) is 4.10. The van der Waals surface area contributed by atoms with E-state index in [1.54, 1.807) is 43.3 Å². The Morgan fingerprint density at radius 1 is 0.857 bits per heavy atom. The van der Waals surface area contributed by atoms with Crippen molar-refractivity contribution < 1.29 is 17.9 Å². The minimum absolute atomic E-state index is 0.00297. The van der Waals surface area contributed by atoms with Gasteiger partial charge < -0.3 is 4.74 Å². The molecule has 0 unspecified atom stereocenters. The average Bonchev–Trinajstić information content (AvgIpc) is 3.19. The maximum atomic E-state index is 14.1. The van der Waals surface area contributed by atoms with Crippen molar-refractivity contribution in [3.8, 4) is 22.7 Å². The molecule has 0 radical (unpaired) electrons. The van der Waals surface area contributed by atoms with Crippen LogP contribution in [0.25, 0.3) is 28.0 Å². The molecule has 5 aromatic rings. The van der Waals surface area contributed by atoms with Gasteiger partial charge in [0, 0.05) is 5.56 Å². The molecular weight excluding hydrogens is 451 g/mol. The molecule has 4 nitrogen and oxygen atoms in total. The maximum absolute atomic E-state index is 14.1. The number of nitrogens with zero attached hydrogens (tertiary/aromatic N) is 3. The van der Waals surface area contributed by atoms with Crippen molar-refractivity contribution in [3.63, 3.8) is 0 Å². The van der Waals surface area contributed by atoms with E-state index in [1.807, 2.05) is 49.4 Å². The Kier molecular flexibility index (Phi) is 5.76. The van der Waals surface area contributed by atoms with Crippen molar-refractivity contribution in [3.05, 3.63) is 107 Å². The summed E-state index contributed by atoms with van der Waals surface area (Å²) in [5.74, 6) is 0.623. The Balaban J connectivity index is 1.53. The second kappa shape index (κ2) is 8.91. The molecule has 0 amide bonds. The van der Waals surface area contributed by atoms with Crippen molar-refractivity contribution in [2.45, 2.75) is 26.6 Å². The zero-order valence-corrected chi connectivity index (χ0v) is 19.2. The molecule has 5 rings (SSSR count). The highest BCUT2D eigenvalue weighted by molar-refractivity contribution is 5.87. The van der Waals surface area contributed by atoms with Gasteiger partial charge in [-0.15, -0.1) is 0 Å². The lowest BCUT2D eigenvalue weighted by Gasteiger charge is -2.12. The molecular formula is C28H22F3N3O. The van der Waals surface area contributed by atoms with Crippen molar-refractivity contribution >= 4 is 11.0 Å². The first-order valence-corrected chi connectivity index (χ1v) is 11.1. The topological polar surface area (TPSA) is 39.9 Å².